The first-order valence-corrected chi connectivity index (χ1v) is 7.29. The molecule has 0 radical (unpaired) electrons. The highest BCUT2D eigenvalue weighted by Crippen LogP contribution is 2.21. The molecule has 1 atom stereocenters. The Bertz CT molecular complexity index is 735. The molecule has 0 aliphatic rings. The van der Waals surface area contributed by atoms with Gasteiger partial charge < -0.3 is 9.84 Å². The van der Waals surface area contributed by atoms with Crippen molar-refractivity contribution >= 4 is 17.7 Å². The summed E-state index contributed by atoms with van der Waals surface area (Å²) in [5.41, 5.74) is 1.34. The lowest BCUT2D eigenvalue weighted by atomic mass is 10.00. The maximum Gasteiger partial charge on any atom is 0.332 e. The molecule has 1 unspecified atom stereocenters. The third-order valence-corrected chi connectivity index (χ3v) is 3.21. The highest BCUT2D eigenvalue weighted by molar-refractivity contribution is 5.93. The second-order valence-corrected chi connectivity index (χ2v) is 5.03. The molecule has 2 aromatic carbocycles. The topological polar surface area (TPSA) is 80.7 Å². The number of aliphatic carboxylic acids is 1. The summed E-state index contributed by atoms with van der Waals surface area (Å²) in [6, 6.07) is 17.7. The monoisotopic (exact) mass is 324 g/mol. The fourth-order valence-corrected chi connectivity index (χ4v) is 2.13. The highest BCUT2D eigenvalue weighted by Gasteiger charge is 2.24. The lowest BCUT2D eigenvalue weighted by Crippen LogP contribution is -2.21. The lowest BCUT2D eigenvalue weighted by Gasteiger charge is -2.16. The first-order chi connectivity index (χ1) is 11.6. The number of carbonyl (C=O) groups is 3. The first-order valence-electron chi connectivity index (χ1n) is 7.29. The predicted molar refractivity (Wildman–Crippen MR) is 87.2 cm³/mol. The van der Waals surface area contributed by atoms with E-state index >= 15 is 0 Å². The van der Waals surface area contributed by atoms with Gasteiger partial charge in [0.2, 0.25) is 0 Å². The van der Waals surface area contributed by atoms with Gasteiger partial charge in [-0.3, -0.25) is 4.79 Å². The molecule has 0 aromatic heterocycles. The first kappa shape index (κ1) is 17.1. The van der Waals surface area contributed by atoms with E-state index in [1.54, 1.807) is 30.3 Å². The minimum Gasteiger partial charge on any atom is -0.478 e. The molecule has 2 rings (SSSR count). The van der Waals surface area contributed by atoms with Gasteiger partial charge in [-0.1, -0.05) is 60.7 Å². The predicted octanol–water partition coefficient (Wildman–Crippen LogP) is 2.72. The van der Waals surface area contributed by atoms with Crippen molar-refractivity contribution in [2.75, 3.05) is 0 Å². The molecule has 0 saturated heterocycles. The van der Waals surface area contributed by atoms with Crippen LogP contribution in [0.5, 0.6) is 0 Å². The van der Waals surface area contributed by atoms with Gasteiger partial charge in [0.1, 0.15) is 0 Å². The van der Waals surface area contributed by atoms with E-state index in [4.69, 9.17) is 9.84 Å². The van der Waals surface area contributed by atoms with Crippen LogP contribution in [0.25, 0.3) is 0 Å². The van der Waals surface area contributed by atoms with Crippen molar-refractivity contribution < 1.29 is 24.2 Å². The fourth-order valence-electron chi connectivity index (χ4n) is 2.13. The summed E-state index contributed by atoms with van der Waals surface area (Å²) in [7, 11) is 0. The number of hydrogen-bond donors (Lipinski definition) is 1. The quantitative estimate of drug-likeness (QED) is 0.625. The minimum atomic E-state index is -1.26. The van der Waals surface area contributed by atoms with Crippen LogP contribution in [0.1, 0.15) is 17.2 Å². The number of esters is 1. The summed E-state index contributed by atoms with van der Waals surface area (Å²) >= 11 is 0. The number of carboxylic acid groups (broad SMARTS) is 1. The molecule has 0 bridgehead atoms. The summed E-state index contributed by atoms with van der Waals surface area (Å²) in [5, 5.41) is 8.56. The van der Waals surface area contributed by atoms with Gasteiger partial charge in [0.15, 0.2) is 11.9 Å². The molecule has 0 spiro atoms. The Hall–Kier alpha value is -3.21. The third-order valence-electron chi connectivity index (χ3n) is 3.21. The molecule has 0 saturated carbocycles. The van der Waals surface area contributed by atoms with Crippen LogP contribution in [0, 0.1) is 0 Å². The number of ether oxygens (including phenoxy) is 1. The van der Waals surface area contributed by atoms with Crippen LogP contribution in [0.2, 0.25) is 0 Å². The van der Waals surface area contributed by atoms with Gasteiger partial charge in [-0.05, 0) is 5.56 Å². The Balaban J connectivity index is 2.18. The Morgan fingerprint density at radius 3 is 2.08 bits per heavy atom. The average molecular weight is 324 g/mol. The number of benzene rings is 2. The Labute approximate surface area is 139 Å². The Morgan fingerprint density at radius 2 is 1.50 bits per heavy atom. The summed E-state index contributed by atoms with van der Waals surface area (Å²) in [5.74, 6) is -2.43. The summed E-state index contributed by atoms with van der Waals surface area (Å²) in [6.45, 7) is 0. The maximum atomic E-state index is 12.6. The van der Waals surface area contributed by atoms with E-state index < -0.39 is 18.0 Å². The van der Waals surface area contributed by atoms with Crippen molar-refractivity contribution in [1.82, 2.24) is 0 Å². The van der Waals surface area contributed by atoms with Gasteiger partial charge in [-0.25, -0.2) is 9.59 Å². The van der Waals surface area contributed by atoms with Gasteiger partial charge in [0, 0.05) is 24.1 Å². The molecule has 0 amide bonds. The summed E-state index contributed by atoms with van der Waals surface area (Å²) in [6.07, 6.45) is 0.480. The maximum absolute atomic E-state index is 12.6. The van der Waals surface area contributed by atoms with Crippen LogP contribution < -0.4 is 0 Å². The van der Waals surface area contributed by atoms with Crippen molar-refractivity contribution in [2.24, 2.45) is 0 Å². The molecule has 0 fully saturated rings. The number of rotatable bonds is 7. The van der Waals surface area contributed by atoms with Crippen molar-refractivity contribution in [1.29, 1.82) is 0 Å². The number of ketones is 1. The van der Waals surface area contributed by atoms with E-state index in [2.05, 4.69) is 0 Å². The molecule has 0 heterocycles. The van der Waals surface area contributed by atoms with Crippen LogP contribution in [0.3, 0.4) is 0 Å². The van der Waals surface area contributed by atoms with E-state index in [1.807, 2.05) is 30.3 Å². The number of Topliss-reactive ketones (excluding diaryl/α,β-unsaturated/α-hetero) is 1. The molecule has 0 aliphatic carbocycles. The summed E-state index contributed by atoms with van der Waals surface area (Å²) < 4.78 is 5.18. The normalized spacial score (nSPS) is 11.8. The zero-order valence-corrected chi connectivity index (χ0v) is 12.8. The number of hydrogen-bond acceptors (Lipinski definition) is 4. The van der Waals surface area contributed by atoms with Crippen LogP contribution in [0.15, 0.2) is 72.8 Å². The lowest BCUT2D eigenvalue weighted by molar-refractivity contribution is -0.150. The zero-order chi connectivity index (χ0) is 17.4. The molecule has 2 aromatic rings. The van der Waals surface area contributed by atoms with Crippen molar-refractivity contribution in [2.45, 2.75) is 12.5 Å². The van der Waals surface area contributed by atoms with Gasteiger partial charge in [-0.15, -0.1) is 0 Å². The van der Waals surface area contributed by atoms with E-state index in [9.17, 15) is 14.4 Å². The zero-order valence-electron chi connectivity index (χ0n) is 12.8. The molecule has 24 heavy (non-hydrogen) atoms. The fraction of sp³-hybridized carbons (Fsp3) is 0.105. The van der Waals surface area contributed by atoms with Crippen LogP contribution in [0.4, 0.5) is 0 Å². The average Bonchev–Trinajstić information content (AvgIpc) is 2.59. The van der Waals surface area contributed by atoms with Crippen molar-refractivity contribution in [3.05, 3.63) is 83.9 Å². The second-order valence-electron chi connectivity index (χ2n) is 5.03. The SMILES string of the molecule is O=C(O)/C=C/C(=O)OC(C(=O)Cc1ccccc1)c1ccccc1. The van der Waals surface area contributed by atoms with Gasteiger partial charge in [0.05, 0.1) is 0 Å². The third kappa shape index (κ3) is 5.21. The number of carboxylic acids is 1. The smallest absolute Gasteiger partial charge is 0.332 e. The van der Waals surface area contributed by atoms with Crippen molar-refractivity contribution in [3.8, 4) is 0 Å². The van der Waals surface area contributed by atoms with E-state index in [0.717, 1.165) is 11.6 Å². The molecule has 1 N–H and O–H groups in total. The Morgan fingerprint density at radius 1 is 0.917 bits per heavy atom. The highest BCUT2D eigenvalue weighted by atomic mass is 16.5. The van der Waals surface area contributed by atoms with Crippen molar-refractivity contribution in [3.63, 3.8) is 0 Å². The second kappa shape index (κ2) is 8.43. The van der Waals surface area contributed by atoms with Gasteiger partial charge >= 0.3 is 11.9 Å². The number of carbonyl (C=O) groups excluding carboxylic acids is 2. The molecule has 122 valence electrons. The van der Waals surface area contributed by atoms with Gasteiger partial charge in [-0.2, -0.15) is 0 Å². The Kier molecular flexibility index (Phi) is 6.02. The van der Waals surface area contributed by atoms with E-state index in [1.165, 1.54) is 0 Å². The molecule has 5 nitrogen and oxygen atoms in total. The molecular weight excluding hydrogens is 308 g/mol. The largest absolute Gasteiger partial charge is 0.478 e. The van der Waals surface area contributed by atoms with E-state index in [-0.39, 0.29) is 12.2 Å². The standard InChI is InChI=1S/C19H16O5/c20-16(13-14-7-3-1-4-8-14)19(15-9-5-2-6-10-15)24-18(23)12-11-17(21)22/h1-12,19H,13H2,(H,21,22)/b12-11+. The van der Waals surface area contributed by atoms with E-state index in [0.29, 0.717) is 11.6 Å². The molecule has 5 heteroatoms. The van der Waals surface area contributed by atoms with Crippen LogP contribution in [-0.2, 0) is 25.5 Å². The molecular formula is C19H16O5. The van der Waals surface area contributed by atoms with Crippen LogP contribution >= 0.6 is 0 Å². The van der Waals surface area contributed by atoms with Gasteiger partial charge in [0.25, 0.3) is 0 Å². The van der Waals surface area contributed by atoms with Crippen LogP contribution in [-0.4, -0.2) is 22.8 Å². The minimum absolute atomic E-state index is 0.107. The summed E-state index contributed by atoms with van der Waals surface area (Å²) in [4.78, 5) is 34.8. The molecule has 0 aliphatic heterocycles.